The van der Waals surface area contributed by atoms with Crippen LogP contribution in [0.15, 0.2) is 36.9 Å². The average molecular weight is 330 g/mol. The molecule has 0 amide bonds. The Balaban J connectivity index is 0.000000243. The minimum Gasteiger partial charge on any atom is -0.399 e. The molecule has 1 aliphatic rings. The molecule has 0 radical (unpaired) electrons. The highest BCUT2D eigenvalue weighted by atomic mass is 14.5. The second kappa shape index (κ2) is 10.6. The van der Waals surface area contributed by atoms with E-state index in [2.05, 4.69) is 52.5 Å². The van der Waals surface area contributed by atoms with Gasteiger partial charge in [0.05, 0.1) is 0 Å². The largest absolute Gasteiger partial charge is 0.399 e. The quantitative estimate of drug-likeness (QED) is 0.422. The number of unbranched alkanes of at least 4 members (excludes halogenated alkanes) is 1. The van der Waals surface area contributed by atoms with Crippen LogP contribution in [0.3, 0.4) is 0 Å². The zero-order chi connectivity index (χ0) is 18.0. The molecule has 0 bridgehead atoms. The van der Waals surface area contributed by atoms with Gasteiger partial charge in [0.25, 0.3) is 0 Å². The fourth-order valence-electron chi connectivity index (χ4n) is 4.39. The number of benzene rings is 1. The van der Waals surface area contributed by atoms with Gasteiger partial charge in [-0.25, -0.2) is 0 Å². The summed E-state index contributed by atoms with van der Waals surface area (Å²) in [6.45, 7) is 13.3. The minimum atomic E-state index is 0.561. The van der Waals surface area contributed by atoms with E-state index in [0.29, 0.717) is 5.41 Å². The highest BCUT2D eigenvalue weighted by molar-refractivity contribution is 5.39. The van der Waals surface area contributed by atoms with Crippen molar-refractivity contribution in [3.8, 4) is 0 Å². The molecule has 1 nitrogen and oxygen atoms in total. The molecule has 0 spiro atoms. The Hall–Kier alpha value is -1.24. The van der Waals surface area contributed by atoms with Gasteiger partial charge >= 0.3 is 0 Å². The fraction of sp³-hybridized carbons (Fsp3) is 0.652. The predicted molar refractivity (Wildman–Crippen MR) is 109 cm³/mol. The van der Waals surface area contributed by atoms with E-state index >= 15 is 0 Å². The molecule has 2 N–H and O–H groups in total. The lowest BCUT2D eigenvalue weighted by atomic mass is 9.70. The third-order valence-corrected chi connectivity index (χ3v) is 5.97. The first-order valence-electron chi connectivity index (χ1n) is 9.98. The van der Waals surface area contributed by atoms with Crippen LogP contribution in [-0.4, -0.2) is 0 Å². The number of aryl methyl sites for hydroxylation is 1. The number of anilines is 1. The van der Waals surface area contributed by atoms with Crippen LogP contribution in [0.1, 0.15) is 78.2 Å². The smallest absolute Gasteiger partial charge is 0.0314 e. The maximum absolute atomic E-state index is 5.56. The van der Waals surface area contributed by atoms with E-state index in [1.807, 2.05) is 12.1 Å². The molecule has 0 saturated heterocycles. The topological polar surface area (TPSA) is 26.0 Å². The number of hydrogen-bond donors (Lipinski definition) is 1. The van der Waals surface area contributed by atoms with Gasteiger partial charge in [0, 0.05) is 5.69 Å². The molecule has 0 aromatic heterocycles. The maximum Gasteiger partial charge on any atom is 0.0314 e. The maximum atomic E-state index is 5.56. The molecule has 2 rings (SSSR count). The summed E-state index contributed by atoms with van der Waals surface area (Å²) in [5, 5.41) is 0. The molecule has 1 saturated carbocycles. The molecule has 1 aliphatic carbocycles. The first kappa shape index (κ1) is 20.8. The summed E-state index contributed by atoms with van der Waals surface area (Å²) >= 11 is 0. The molecule has 3 atom stereocenters. The molecule has 1 aromatic carbocycles. The summed E-state index contributed by atoms with van der Waals surface area (Å²) in [4.78, 5) is 0. The van der Waals surface area contributed by atoms with Crippen LogP contribution in [0.5, 0.6) is 0 Å². The lowest BCUT2D eigenvalue weighted by Gasteiger charge is -2.35. The molecule has 1 heteroatoms. The van der Waals surface area contributed by atoms with Crippen molar-refractivity contribution in [1.82, 2.24) is 0 Å². The van der Waals surface area contributed by atoms with Gasteiger partial charge in [-0.05, 0) is 67.1 Å². The van der Waals surface area contributed by atoms with Crippen molar-refractivity contribution in [1.29, 1.82) is 0 Å². The molecular weight excluding hydrogens is 290 g/mol. The van der Waals surface area contributed by atoms with Crippen LogP contribution in [0.4, 0.5) is 5.69 Å². The Morgan fingerprint density at radius 1 is 1.12 bits per heavy atom. The Bertz CT molecular complexity index is 461. The van der Waals surface area contributed by atoms with E-state index in [4.69, 9.17) is 5.73 Å². The molecule has 1 fully saturated rings. The number of nitrogens with two attached hydrogens (primary N) is 1. The number of allylic oxidation sites excluding steroid dienone is 1. The molecule has 0 heterocycles. The van der Waals surface area contributed by atoms with Crippen molar-refractivity contribution in [2.24, 2.45) is 17.3 Å². The molecule has 1 aromatic rings. The monoisotopic (exact) mass is 329 g/mol. The van der Waals surface area contributed by atoms with Crippen molar-refractivity contribution >= 4 is 5.69 Å². The van der Waals surface area contributed by atoms with Crippen LogP contribution in [0.25, 0.3) is 0 Å². The van der Waals surface area contributed by atoms with Crippen molar-refractivity contribution in [3.63, 3.8) is 0 Å². The molecule has 24 heavy (non-hydrogen) atoms. The van der Waals surface area contributed by atoms with Gasteiger partial charge in [-0.3, -0.25) is 0 Å². The van der Waals surface area contributed by atoms with E-state index in [1.165, 1.54) is 56.9 Å². The molecule has 136 valence electrons. The molecule has 0 aliphatic heterocycles. The third-order valence-electron chi connectivity index (χ3n) is 5.97. The summed E-state index contributed by atoms with van der Waals surface area (Å²) in [5.74, 6) is 1.72. The van der Waals surface area contributed by atoms with Gasteiger partial charge in [-0.15, -0.1) is 6.58 Å². The highest BCUT2D eigenvalue weighted by Crippen LogP contribution is 2.52. The second-order valence-corrected chi connectivity index (χ2v) is 7.63. The Kier molecular flexibility index (Phi) is 9.18. The van der Waals surface area contributed by atoms with Crippen molar-refractivity contribution in [2.75, 3.05) is 5.73 Å². The summed E-state index contributed by atoms with van der Waals surface area (Å²) < 4.78 is 0. The normalized spacial score (nSPS) is 25.8. The van der Waals surface area contributed by atoms with Gasteiger partial charge < -0.3 is 5.73 Å². The number of rotatable bonds is 7. The number of hydrogen-bond acceptors (Lipinski definition) is 1. The predicted octanol–water partition coefficient (Wildman–Crippen LogP) is 7.03. The number of nitrogen functional groups attached to an aromatic ring is 1. The van der Waals surface area contributed by atoms with Crippen LogP contribution < -0.4 is 5.73 Å². The summed E-state index contributed by atoms with van der Waals surface area (Å²) in [5.41, 5.74) is 8.36. The zero-order valence-corrected chi connectivity index (χ0v) is 16.5. The first-order chi connectivity index (χ1) is 11.5. The zero-order valence-electron chi connectivity index (χ0n) is 16.5. The first-order valence-corrected chi connectivity index (χ1v) is 9.98. The molecule has 3 unspecified atom stereocenters. The fourth-order valence-corrected chi connectivity index (χ4v) is 4.39. The standard InChI is InChI=1S/C13H24.C10H15N/c1-5-10-13(4)11(6-2)8-9-12(13)7-3;1-2-3-4-9-5-7-10(11)8-6-9/h6,11-12H,2,5,7-10H2,1,3-4H3;5-8H,2-4,11H2,1H3. The average Bonchev–Trinajstić information content (AvgIpc) is 2.90. The Morgan fingerprint density at radius 3 is 2.29 bits per heavy atom. The third kappa shape index (κ3) is 5.69. The van der Waals surface area contributed by atoms with Gasteiger partial charge in [0.15, 0.2) is 0 Å². The van der Waals surface area contributed by atoms with Crippen molar-refractivity contribution in [2.45, 2.75) is 79.1 Å². The van der Waals surface area contributed by atoms with E-state index in [0.717, 1.165) is 17.5 Å². The lowest BCUT2D eigenvalue weighted by molar-refractivity contribution is 0.163. The van der Waals surface area contributed by atoms with Gasteiger partial charge in [0.2, 0.25) is 0 Å². The SMILES string of the molecule is C=CC1CCC(CC)C1(C)CCC.CCCCc1ccc(N)cc1. The lowest BCUT2D eigenvalue weighted by Crippen LogP contribution is -2.27. The highest BCUT2D eigenvalue weighted by Gasteiger charge is 2.42. The van der Waals surface area contributed by atoms with Crippen LogP contribution >= 0.6 is 0 Å². The van der Waals surface area contributed by atoms with E-state index in [-0.39, 0.29) is 0 Å². The van der Waals surface area contributed by atoms with Gasteiger partial charge in [-0.2, -0.15) is 0 Å². The molecular formula is C23H39N. The van der Waals surface area contributed by atoms with E-state index in [9.17, 15) is 0 Å². The summed E-state index contributed by atoms with van der Waals surface area (Å²) in [7, 11) is 0. The minimum absolute atomic E-state index is 0.561. The van der Waals surface area contributed by atoms with Gasteiger partial charge in [0.1, 0.15) is 0 Å². The van der Waals surface area contributed by atoms with E-state index in [1.54, 1.807) is 0 Å². The van der Waals surface area contributed by atoms with Gasteiger partial charge in [-0.1, -0.05) is 65.2 Å². The van der Waals surface area contributed by atoms with Crippen LogP contribution in [-0.2, 0) is 6.42 Å². The summed E-state index contributed by atoms with van der Waals surface area (Å²) in [6.07, 6.45) is 12.7. The van der Waals surface area contributed by atoms with Crippen LogP contribution in [0, 0.1) is 17.3 Å². The van der Waals surface area contributed by atoms with E-state index < -0.39 is 0 Å². The van der Waals surface area contributed by atoms with Crippen molar-refractivity contribution < 1.29 is 0 Å². The van der Waals surface area contributed by atoms with Crippen molar-refractivity contribution in [3.05, 3.63) is 42.5 Å². The Morgan fingerprint density at radius 2 is 1.79 bits per heavy atom. The second-order valence-electron chi connectivity index (χ2n) is 7.63. The van der Waals surface area contributed by atoms with Crippen LogP contribution in [0.2, 0.25) is 0 Å². The summed E-state index contributed by atoms with van der Waals surface area (Å²) in [6, 6.07) is 8.13. The Labute approximate surface area is 150 Å².